The number of likely N-dealkylation sites (tertiary alicyclic amines) is 1. The summed E-state index contributed by atoms with van der Waals surface area (Å²) in [5.74, 6) is 0.346. The van der Waals surface area contributed by atoms with Crippen molar-refractivity contribution in [3.63, 3.8) is 0 Å². The zero-order valence-corrected chi connectivity index (χ0v) is 22.6. The zero-order valence-electron chi connectivity index (χ0n) is 21.8. The van der Waals surface area contributed by atoms with Crippen molar-refractivity contribution in [3.8, 4) is 5.75 Å². The van der Waals surface area contributed by atoms with Crippen molar-refractivity contribution in [3.05, 3.63) is 76.5 Å². The summed E-state index contributed by atoms with van der Waals surface area (Å²) in [5.41, 5.74) is 3.50. The number of oxazole rings is 1. The number of methoxy groups -OCH3 is 1. The first-order valence-electron chi connectivity index (χ1n) is 12.3. The van der Waals surface area contributed by atoms with Crippen LogP contribution < -0.4 is 10.1 Å². The summed E-state index contributed by atoms with van der Waals surface area (Å²) in [6.45, 7) is 6.88. The lowest BCUT2D eigenvalue weighted by Gasteiger charge is -2.19. The quantitative estimate of drug-likeness (QED) is 0.430. The Morgan fingerprint density at radius 2 is 1.81 bits per heavy atom. The standard InChI is InChI=1S/C27H34N4O5S/c1-19-12-23(35-4)13-20(2)26(19)37(33,34)30(3)17-25-29-24(18-36-25)27(32)28-15-21-8-7-9-22(14-21)16-31-10-5-6-11-31/h7-9,12-14,18H,5-6,10-11,15-17H2,1-4H3,(H,28,32). The average Bonchev–Trinajstić information content (AvgIpc) is 3.54. The third-order valence-corrected chi connectivity index (χ3v) is 8.64. The molecule has 2 heterocycles. The van der Waals surface area contributed by atoms with Gasteiger partial charge in [0.2, 0.25) is 15.9 Å². The largest absolute Gasteiger partial charge is 0.497 e. The van der Waals surface area contributed by atoms with E-state index in [1.165, 1.54) is 38.8 Å². The third kappa shape index (κ3) is 6.38. The van der Waals surface area contributed by atoms with Crippen LogP contribution in [0.3, 0.4) is 0 Å². The van der Waals surface area contributed by atoms with Gasteiger partial charge in [-0.15, -0.1) is 0 Å². The van der Waals surface area contributed by atoms with Gasteiger partial charge >= 0.3 is 0 Å². The minimum Gasteiger partial charge on any atom is -0.497 e. The molecule has 0 saturated carbocycles. The number of carbonyl (C=O) groups excluding carboxylic acids is 1. The normalized spacial score (nSPS) is 14.3. The molecular weight excluding hydrogens is 492 g/mol. The van der Waals surface area contributed by atoms with E-state index in [1.807, 2.05) is 12.1 Å². The lowest BCUT2D eigenvalue weighted by atomic mass is 10.1. The monoisotopic (exact) mass is 526 g/mol. The Labute approximate surface area is 218 Å². The number of hydrogen-bond acceptors (Lipinski definition) is 7. The van der Waals surface area contributed by atoms with E-state index in [9.17, 15) is 13.2 Å². The highest BCUT2D eigenvalue weighted by molar-refractivity contribution is 7.89. The second-order valence-electron chi connectivity index (χ2n) is 9.46. The SMILES string of the molecule is COc1cc(C)c(S(=O)(=O)N(C)Cc2nc(C(=O)NCc3cccc(CN4CCCC4)c3)co2)c(C)c1. The fraction of sp³-hybridized carbons (Fsp3) is 0.407. The van der Waals surface area contributed by atoms with Gasteiger partial charge in [-0.1, -0.05) is 24.3 Å². The van der Waals surface area contributed by atoms with Crippen LogP contribution in [0.5, 0.6) is 5.75 Å². The van der Waals surface area contributed by atoms with Crippen molar-refractivity contribution in [2.75, 3.05) is 27.2 Å². The Kier molecular flexibility index (Phi) is 8.31. The van der Waals surface area contributed by atoms with Crippen LogP contribution >= 0.6 is 0 Å². The maximum atomic E-state index is 13.2. The van der Waals surface area contributed by atoms with Crippen LogP contribution in [-0.2, 0) is 29.7 Å². The number of sulfonamides is 1. The topological polar surface area (TPSA) is 105 Å². The molecule has 0 aliphatic carbocycles. The van der Waals surface area contributed by atoms with Crippen molar-refractivity contribution in [2.45, 2.75) is 51.2 Å². The molecule has 198 valence electrons. The van der Waals surface area contributed by atoms with Gasteiger partial charge in [0.15, 0.2) is 5.69 Å². The molecule has 4 rings (SSSR count). The lowest BCUT2D eigenvalue weighted by Crippen LogP contribution is -2.28. The number of rotatable bonds is 10. The molecule has 10 heteroatoms. The van der Waals surface area contributed by atoms with E-state index < -0.39 is 10.0 Å². The summed E-state index contributed by atoms with van der Waals surface area (Å²) in [5, 5.41) is 2.87. The first-order chi connectivity index (χ1) is 17.7. The van der Waals surface area contributed by atoms with Crippen LogP contribution in [0.15, 0.2) is 52.0 Å². The van der Waals surface area contributed by atoms with Gasteiger partial charge in [0, 0.05) is 20.1 Å². The summed E-state index contributed by atoms with van der Waals surface area (Å²) >= 11 is 0. The predicted molar refractivity (Wildman–Crippen MR) is 140 cm³/mol. The van der Waals surface area contributed by atoms with Crippen molar-refractivity contribution in [1.29, 1.82) is 0 Å². The van der Waals surface area contributed by atoms with E-state index in [-0.39, 0.29) is 28.9 Å². The highest BCUT2D eigenvalue weighted by Gasteiger charge is 2.27. The van der Waals surface area contributed by atoms with E-state index in [0.717, 1.165) is 29.5 Å². The van der Waals surface area contributed by atoms with Crippen molar-refractivity contribution in [1.82, 2.24) is 19.5 Å². The number of amides is 1. The van der Waals surface area contributed by atoms with Crippen LogP contribution in [0.4, 0.5) is 0 Å². The number of nitrogens with zero attached hydrogens (tertiary/aromatic N) is 3. The zero-order chi connectivity index (χ0) is 26.6. The molecule has 3 aromatic rings. The molecule has 37 heavy (non-hydrogen) atoms. The molecule has 1 amide bonds. The number of nitrogens with one attached hydrogen (secondary N) is 1. The Morgan fingerprint density at radius 3 is 2.49 bits per heavy atom. The molecule has 2 aromatic carbocycles. The number of benzene rings is 2. The summed E-state index contributed by atoms with van der Waals surface area (Å²) < 4.78 is 38.3. The maximum absolute atomic E-state index is 13.2. The van der Waals surface area contributed by atoms with Crippen LogP contribution in [-0.4, -0.2) is 55.8 Å². The summed E-state index contributed by atoms with van der Waals surface area (Å²) in [6, 6.07) is 11.6. The molecule has 1 aliphatic heterocycles. The lowest BCUT2D eigenvalue weighted by molar-refractivity contribution is 0.0946. The van der Waals surface area contributed by atoms with Crippen molar-refractivity contribution in [2.24, 2.45) is 0 Å². The van der Waals surface area contributed by atoms with E-state index >= 15 is 0 Å². The first kappa shape index (κ1) is 26.8. The van der Waals surface area contributed by atoms with Crippen LogP contribution in [0.25, 0.3) is 0 Å². The van der Waals surface area contributed by atoms with Crippen molar-refractivity contribution >= 4 is 15.9 Å². The van der Waals surface area contributed by atoms with E-state index in [4.69, 9.17) is 9.15 Å². The molecule has 1 N–H and O–H groups in total. The van der Waals surface area contributed by atoms with Gasteiger partial charge in [0.25, 0.3) is 5.91 Å². The molecule has 0 radical (unpaired) electrons. The Balaban J connectivity index is 1.37. The summed E-state index contributed by atoms with van der Waals surface area (Å²) in [6.07, 6.45) is 3.74. The van der Waals surface area contributed by atoms with Crippen LogP contribution in [0, 0.1) is 13.8 Å². The Hall–Kier alpha value is -3.21. The van der Waals surface area contributed by atoms with E-state index in [0.29, 0.717) is 23.4 Å². The van der Waals surface area contributed by atoms with Crippen LogP contribution in [0.1, 0.15) is 51.5 Å². The third-order valence-electron chi connectivity index (χ3n) is 6.53. The number of ether oxygens (including phenoxy) is 1. The average molecular weight is 527 g/mol. The number of aryl methyl sites for hydroxylation is 2. The summed E-state index contributed by atoms with van der Waals surface area (Å²) in [7, 11) is -0.825. The molecule has 9 nitrogen and oxygen atoms in total. The van der Waals surface area contributed by atoms with Gasteiger partial charge in [-0.3, -0.25) is 9.69 Å². The first-order valence-corrected chi connectivity index (χ1v) is 13.8. The molecule has 1 aliphatic rings. The van der Waals surface area contributed by atoms with Gasteiger partial charge in [-0.05, 0) is 74.2 Å². The maximum Gasteiger partial charge on any atom is 0.273 e. The smallest absolute Gasteiger partial charge is 0.273 e. The van der Waals surface area contributed by atoms with Gasteiger partial charge in [-0.2, -0.15) is 4.31 Å². The summed E-state index contributed by atoms with van der Waals surface area (Å²) in [4.78, 5) is 19.5. The van der Waals surface area contributed by atoms with Gasteiger partial charge in [-0.25, -0.2) is 13.4 Å². The number of aromatic nitrogens is 1. The highest BCUT2D eigenvalue weighted by Crippen LogP contribution is 2.28. The fourth-order valence-electron chi connectivity index (χ4n) is 4.66. The fourth-order valence-corrected chi connectivity index (χ4v) is 6.19. The molecular formula is C27H34N4O5S. The highest BCUT2D eigenvalue weighted by atomic mass is 32.2. The van der Waals surface area contributed by atoms with Gasteiger partial charge in [0.05, 0.1) is 18.6 Å². The molecule has 1 fully saturated rings. The predicted octanol–water partition coefficient (Wildman–Crippen LogP) is 3.65. The molecule has 0 spiro atoms. The van der Waals surface area contributed by atoms with Crippen molar-refractivity contribution < 1.29 is 22.4 Å². The van der Waals surface area contributed by atoms with Gasteiger partial charge < -0.3 is 14.5 Å². The minimum absolute atomic E-state index is 0.103. The second kappa shape index (κ2) is 11.5. The molecule has 0 bridgehead atoms. The molecule has 0 unspecified atom stereocenters. The Morgan fingerprint density at radius 1 is 1.14 bits per heavy atom. The Bertz CT molecular complexity index is 1340. The molecule has 1 aromatic heterocycles. The number of carbonyl (C=O) groups is 1. The molecule has 1 saturated heterocycles. The number of hydrogen-bond donors (Lipinski definition) is 1. The van der Waals surface area contributed by atoms with Gasteiger partial charge in [0.1, 0.15) is 12.0 Å². The van der Waals surface area contributed by atoms with E-state index in [2.05, 4.69) is 27.3 Å². The minimum atomic E-state index is -3.82. The second-order valence-corrected chi connectivity index (χ2v) is 11.4. The van der Waals surface area contributed by atoms with Crippen LogP contribution in [0.2, 0.25) is 0 Å². The molecule has 0 atom stereocenters. The van der Waals surface area contributed by atoms with E-state index in [1.54, 1.807) is 26.0 Å².